The molecule has 1 aliphatic heterocycles. The van der Waals surface area contributed by atoms with Crippen LogP contribution in [0, 0.1) is 0 Å². The number of hydrogen-bond donors (Lipinski definition) is 3. The number of thiophene rings is 1. The molecule has 0 spiro atoms. The Labute approximate surface area is 198 Å². The first-order valence-corrected chi connectivity index (χ1v) is 10.7. The number of rotatable bonds is 7. The molecule has 9 heteroatoms. The van der Waals surface area contributed by atoms with Crippen LogP contribution in [0.15, 0.2) is 41.4 Å². The van der Waals surface area contributed by atoms with E-state index in [1.165, 1.54) is 22.6 Å². The molecule has 3 rings (SSSR count). The van der Waals surface area contributed by atoms with Crippen LogP contribution in [0.2, 0.25) is 4.34 Å². The van der Waals surface area contributed by atoms with Crippen molar-refractivity contribution < 1.29 is 9.84 Å². The van der Waals surface area contributed by atoms with E-state index in [-0.39, 0.29) is 24.0 Å². The van der Waals surface area contributed by atoms with Gasteiger partial charge in [0.2, 0.25) is 0 Å². The molecular formula is C20H28ClIN4O2S. The summed E-state index contributed by atoms with van der Waals surface area (Å²) < 4.78 is 6.14. The number of anilines is 1. The van der Waals surface area contributed by atoms with Crippen LogP contribution in [0.25, 0.3) is 0 Å². The van der Waals surface area contributed by atoms with Crippen LogP contribution < -0.4 is 15.5 Å². The van der Waals surface area contributed by atoms with Crippen LogP contribution in [0.4, 0.5) is 5.69 Å². The number of nitrogens with one attached hydrogen (secondary N) is 2. The smallest absolute Gasteiger partial charge is 0.191 e. The number of para-hydroxylation sites is 1. The quantitative estimate of drug-likeness (QED) is 0.279. The molecule has 1 fully saturated rings. The Morgan fingerprint density at radius 1 is 1.24 bits per heavy atom. The molecule has 2 heterocycles. The topological polar surface area (TPSA) is 69.1 Å². The van der Waals surface area contributed by atoms with E-state index in [9.17, 15) is 5.11 Å². The molecule has 1 unspecified atom stereocenters. The van der Waals surface area contributed by atoms with Crippen molar-refractivity contribution in [3.8, 4) is 0 Å². The third-order valence-corrected chi connectivity index (χ3v) is 5.81. The molecule has 0 amide bonds. The second-order valence-corrected chi connectivity index (χ2v) is 8.21. The highest BCUT2D eigenvalue weighted by atomic mass is 127. The van der Waals surface area contributed by atoms with Crippen molar-refractivity contribution in [3.05, 3.63) is 51.2 Å². The van der Waals surface area contributed by atoms with Gasteiger partial charge in [-0.2, -0.15) is 0 Å². The van der Waals surface area contributed by atoms with Gasteiger partial charge >= 0.3 is 0 Å². The molecule has 160 valence electrons. The minimum Gasteiger partial charge on any atom is -0.386 e. The molecule has 0 bridgehead atoms. The average Bonchev–Trinajstić information content (AvgIpc) is 3.17. The maximum atomic E-state index is 10.3. The first kappa shape index (κ1) is 24.2. The number of hydrogen-bond acceptors (Lipinski definition) is 5. The van der Waals surface area contributed by atoms with E-state index in [1.807, 2.05) is 19.1 Å². The normalized spacial score (nSPS) is 15.6. The first-order chi connectivity index (χ1) is 13.7. The van der Waals surface area contributed by atoms with Crippen molar-refractivity contribution in [2.24, 2.45) is 4.99 Å². The van der Waals surface area contributed by atoms with Crippen LogP contribution in [-0.2, 0) is 11.3 Å². The van der Waals surface area contributed by atoms with Gasteiger partial charge in [-0.15, -0.1) is 35.3 Å². The molecular weight excluding hydrogens is 523 g/mol. The largest absolute Gasteiger partial charge is 0.386 e. The van der Waals surface area contributed by atoms with Gasteiger partial charge in [0.05, 0.1) is 24.1 Å². The first-order valence-electron chi connectivity index (χ1n) is 9.53. The average molecular weight is 551 g/mol. The van der Waals surface area contributed by atoms with Gasteiger partial charge in [0.25, 0.3) is 0 Å². The lowest BCUT2D eigenvalue weighted by molar-refractivity contribution is 0.122. The molecule has 1 aromatic carbocycles. The summed E-state index contributed by atoms with van der Waals surface area (Å²) in [6.45, 7) is 7.01. The molecule has 1 saturated heterocycles. The van der Waals surface area contributed by atoms with Crippen molar-refractivity contribution in [3.63, 3.8) is 0 Å². The number of nitrogens with zero attached hydrogens (tertiary/aromatic N) is 2. The zero-order chi connectivity index (χ0) is 19.8. The van der Waals surface area contributed by atoms with Gasteiger partial charge in [0.1, 0.15) is 6.10 Å². The van der Waals surface area contributed by atoms with E-state index in [2.05, 4.69) is 33.7 Å². The molecule has 1 aromatic heterocycles. The van der Waals surface area contributed by atoms with Crippen LogP contribution in [0.3, 0.4) is 0 Å². The molecule has 0 aliphatic carbocycles. The zero-order valence-electron chi connectivity index (χ0n) is 16.4. The van der Waals surface area contributed by atoms with Crippen molar-refractivity contribution in [1.82, 2.24) is 10.6 Å². The van der Waals surface area contributed by atoms with Gasteiger partial charge in [-0.1, -0.05) is 29.8 Å². The summed E-state index contributed by atoms with van der Waals surface area (Å²) in [7, 11) is 0. The van der Waals surface area contributed by atoms with E-state index >= 15 is 0 Å². The summed E-state index contributed by atoms with van der Waals surface area (Å²) in [4.78, 5) is 7.90. The predicted molar refractivity (Wildman–Crippen MR) is 132 cm³/mol. The summed E-state index contributed by atoms with van der Waals surface area (Å²) in [6, 6.07) is 12.0. The fraction of sp³-hybridized carbons (Fsp3) is 0.450. The Hall–Kier alpha value is -1.07. The molecule has 3 N–H and O–H groups in total. The van der Waals surface area contributed by atoms with Crippen molar-refractivity contribution in [2.45, 2.75) is 19.6 Å². The number of aliphatic hydroxyl groups excluding tert-OH is 1. The third-order valence-electron chi connectivity index (χ3n) is 4.48. The van der Waals surface area contributed by atoms with Crippen molar-refractivity contribution >= 4 is 58.6 Å². The van der Waals surface area contributed by atoms with Crippen LogP contribution in [-0.4, -0.2) is 50.5 Å². The maximum absolute atomic E-state index is 10.3. The number of guanidine groups is 1. The number of morpholine rings is 1. The SMILES string of the molecule is CCNC(=NCc1ccccc1N1CCOCC1)NCC(O)c1ccc(Cl)s1.I. The zero-order valence-corrected chi connectivity index (χ0v) is 20.3. The lowest BCUT2D eigenvalue weighted by Crippen LogP contribution is -2.39. The molecule has 1 aliphatic rings. The maximum Gasteiger partial charge on any atom is 0.191 e. The predicted octanol–water partition coefficient (Wildman–Crippen LogP) is 3.64. The van der Waals surface area contributed by atoms with Gasteiger partial charge in [-0.25, -0.2) is 4.99 Å². The summed E-state index contributed by atoms with van der Waals surface area (Å²) in [5, 5.41) is 16.8. The number of aliphatic hydroxyl groups is 1. The summed E-state index contributed by atoms with van der Waals surface area (Å²) >= 11 is 7.34. The lowest BCUT2D eigenvalue weighted by atomic mass is 10.1. The Morgan fingerprint density at radius 3 is 2.69 bits per heavy atom. The van der Waals surface area contributed by atoms with Gasteiger partial charge in [-0.05, 0) is 30.7 Å². The van der Waals surface area contributed by atoms with Crippen LogP contribution >= 0.6 is 46.9 Å². The lowest BCUT2D eigenvalue weighted by Gasteiger charge is -2.30. The van der Waals surface area contributed by atoms with E-state index in [0.29, 0.717) is 23.4 Å². The van der Waals surface area contributed by atoms with Crippen LogP contribution in [0.1, 0.15) is 23.5 Å². The summed E-state index contributed by atoms with van der Waals surface area (Å²) in [6.07, 6.45) is -0.623. The van der Waals surface area contributed by atoms with Gasteiger partial charge in [0.15, 0.2) is 5.96 Å². The van der Waals surface area contributed by atoms with E-state index in [0.717, 1.165) is 37.7 Å². The number of ether oxygens (including phenoxy) is 1. The highest BCUT2D eigenvalue weighted by Gasteiger charge is 2.15. The molecule has 1 atom stereocenters. The Balaban J connectivity index is 0.00000300. The monoisotopic (exact) mass is 550 g/mol. The second-order valence-electron chi connectivity index (χ2n) is 6.46. The second kappa shape index (κ2) is 12.6. The van der Waals surface area contributed by atoms with E-state index in [4.69, 9.17) is 21.3 Å². The highest BCUT2D eigenvalue weighted by molar-refractivity contribution is 14.0. The summed E-state index contributed by atoms with van der Waals surface area (Å²) in [5.74, 6) is 0.681. The van der Waals surface area contributed by atoms with Gasteiger partial charge in [-0.3, -0.25) is 0 Å². The minimum absolute atomic E-state index is 0. The number of benzene rings is 1. The standard InChI is InChI=1S/C20H27ClN4O2S.HI/c1-2-22-20(24-14-17(26)18-7-8-19(21)28-18)23-13-15-5-3-4-6-16(15)25-9-11-27-12-10-25;/h3-8,17,26H,2,9-14H2,1H3,(H2,22,23,24);1H. The third kappa shape index (κ3) is 7.29. The fourth-order valence-electron chi connectivity index (χ4n) is 3.06. The van der Waals surface area contributed by atoms with Gasteiger partial charge < -0.3 is 25.4 Å². The molecule has 29 heavy (non-hydrogen) atoms. The Morgan fingerprint density at radius 2 is 2.00 bits per heavy atom. The molecule has 0 radical (unpaired) electrons. The molecule has 2 aromatic rings. The Bertz CT molecular complexity index is 783. The summed E-state index contributed by atoms with van der Waals surface area (Å²) in [5.41, 5.74) is 2.38. The van der Waals surface area contributed by atoms with Crippen molar-refractivity contribution in [1.29, 1.82) is 0 Å². The molecule has 6 nitrogen and oxygen atoms in total. The van der Waals surface area contributed by atoms with Gasteiger partial charge in [0, 0.05) is 36.7 Å². The number of aliphatic imine (C=N–C) groups is 1. The minimum atomic E-state index is -0.623. The number of halogens is 2. The molecule has 0 saturated carbocycles. The fourth-order valence-corrected chi connectivity index (χ4v) is 4.11. The Kier molecular flexibility index (Phi) is 10.5. The van der Waals surface area contributed by atoms with E-state index in [1.54, 1.807) is 6.07 Å². The highest BCUT2D eigenvalue weighted by Crippen LogP contribution is 2.26. The van der Waals surface area contributed by atoms with Crippen LogP contribution in [0.5, 0.6) is 0 Å². The van der Waals surface area contributed by atoms with Crippen molar-refractivity contribution in [2.75, 3.05) is 44.3 Å². The van der Waals surface area contributed by atoms with E-state index < -0.39 is 6.10 Å².